The maximum absolute atomic E-state index is 10.5. The van der Waals surface area contributed by atoms with Crippen molar-refractivity contribution in [2.75, 3.05) is 13.1 Å². The summed E-state index contributed by atoms with van der Waals surface area (Å²) in [5, 5.41) is 21.5. The molecule has 0 fully saturated rings. The molecule has 0 aromatic heterocycles. The van der Waals surface area contributed by atoms with Gasteiger partial charge in [0.2, 0.25) is 0 Å². The van der Waals surface area contributed by atoms with Gasteiger partial charge in [0.25, 0.3) is 0 Å². The van der Waals surface area contributed by atoms with E-state index in [4.69, 9.17) is 31.3 Å². The zero-order chi connectivity index (χ0) is 25.2. The number of nitrogens with zero attached hydrogens (tertiary/aromatic N) is 2. The van der Waals surface area contributed by atoms with Gasteiger partial charge in [0.1, 0.15) is 24.3 Å². The van der Waals surface area contributed by atoms with Crippen LogP contribution in [0.5, 0.6) is 0 Å². The smallest absolute Gasteiger partial charge is 0.430 e. The second-order valence-corrected chi connectivity index (χ2v) is 5.61. The van der Waals surface area contributed by atoms with Crippen LogP contribution in [0, 0.1) is 0 Å². The van der Waals surface area contributed by atoms with Crippen molar-refractivity contribution >= 4 is 24.6 Å². The molecule has 0 radical (unpaired) electrons. The number of alkyl halides is 6. The number of hydrogen-bond donors (Lipinski definition) is 4. The van der Waals surface area contributed by atoms with Gasteiger partial charge in [-0.05, 0) is 38.8 Å². The number of carbonyl (C=O) groups is 2. The molecule has 0 amide bonds. The van der Waals surface area contributed by atoms with E-state index in [0.29, 0.717) is 0 Å². The second kappa shape index (κ2) is 16.8. The topological polar surface area (TPSA) is 190 Å². The number of allylic oxidation sites excluding steroid dienone is 2. The molecule has 0 saturated heterocycles. The first-order chi connectivity index (χ1) is 14.8. The molecule has 0 aromatic rings. The van der Waals surface area contributed by atoms with Crippen molar-refractivity contribution in [3.63, 3.8) is 0 Å². The minimum atomic E-state index is -5.19. The minimum absolute atomic E-state index is 0.757. The summed E-state index contributed by atoms with van der Waals surface area (Å²) in [4.78, 5) is 25.8. The van der Waals surface area contributed by atoms with E-state index in [1.807, 2.05) is 35.7 Å². The Bertz CT molecular complexity index is 631. The van der Waals surface area contributed by atoms with Gasteiger partial charge < -0.3 is 31.3 Å². The molecule has 0 atom stereocenters. The first kappa shape index (κ1) is 31.4. The van der Waals surface area contributed by atoms with Crippen LogP contribution in [0.2, 0.25) is 0 Å². The Kier molecular flexibility index (Phi) is 16.5. The zero-order valence-corrected chi connectivity index (χ0v) is 16.7. The van der Waals surface area contributed by atoms with Crippen LogP contribution in [-0.2, 0) is 9.59 Å². The fraction of sp³-hybridized carbons (Fsp3) is 0.500. The summed E-state index contributed by atoms with van der Waals surface area (Å²) in [5.74, 6) is -6.01. The van der Waals surface area contributed by atoms with Crippen molar-refractivity contribution in [3.05, 3.63) is 23.8 Å². The monoisotopic (exact) mass is 478 g/mol. The Labute approximate surface area is 178 Å². The molecule has 0 spiro atoms. The Morgan fingerprint density at radius 3 is 1.22 bits per heavy atom. The van der Waals surface area contributed by atoms with Crippen molar-refractivity contribution in [2.24, 2.45) is 21.5 Å². The average Bonchev–Trinajstić information content (AvgIpc) is 3.38. The van der Waals surface area contributed by atoms with Crippen LogP contribution < -0.4 is 32.3 Å². The van der Waals surface area contributed by atoms with Crippen molar-refractivity contribution in [1.82, 2.24) is 0 Å². The van der Waals surface area contributed by atoms with Gasteiger partial charge in [-0.1, -0.05) is 0 Å². The lowest BCUT2D eigenvalue weighted by Gasteiger charge is -2.03. The molecular formula is C16H24F6N6O4. The van der Waals surface area contributed by atoms with Gasteiger partial charge in [0.15, 0.2) is 12.7 Å². The van der Waals surface area contributed by atoms with E-state index in [0.717, 1.165) is 50.2 Å². The number of aliphatic carboxylic acids is 2. The number of nitrogens with two attached hydrogens (primary N) is 4. The largest absolute Gasteiger partial charge is 0.542 e. The van der Waals surface area contributed by atoms with Gasteiger partial charge in [-0.15, -0.1) is 0 Å². The molecule has 0 aromatic carbocycles. The van der Waals surface area contributed by atoms with E-state index in [1.165, 1.54) is 0 Å². The molecule has 2 aliphatic rings. The van der Waals surface area contributed by atoms with Gasteiger partial charge >= 0.3 is 12.4 Å². The standard InChI is InChI=1S/2C6H11N3.2C2HF3O2/c2*7-3-1-2-6-4-8-5-9-6;2*3-2(4,5)1(6)7/h2*4-5H,1-3,7H2,(H,8,9);2*(H,6,7). The number of hydrogen-bond acceptors (Lipinski definition) is 8. The average molecular weight is 478 g/mol. The summed E-state index contributed by atoms with van der Waals surface area (Å²) in [6, 6.07) is 0. The summed E-state index contributed by atoms with van der Waals surface area (Å²) in [6.07, 6.45) is 1.39. The van der Waals surface area contributed by atoms with Crippen molar-refractivity contribution < 1.29 is 56.8 Å². The van der Waals surface area contributed by atoms with Crippen LogP contribution in [0.4, 0.5) is 26.3 Å². The highest BCUT2D eigenvalue weighted by molar-refractivity contribution is 5.71. The number of quaternary nitrogens is 2. The summed E-state index contributed by atoms with van der Waals surface area (Å²) in [6.45, 7) is 1.51. The lowest BCUT2D eigenvalue weighted by Crippen LogP contribution is -2.74. The first-order valence-electron chi connectivity index (χ1n) is 8.85. The quantitative estimate of drug-likeness (QED) is 0.293. The Hall–Kier alpha value is -2.82. The number of carboxylic acid groups (broad SMARTS) is 2. The predicted octanol–water partition coefficient (Wildman–Crippen LogP) is -3.06. The van der Waals surface area contributed by atoms with E-state index in [-0.39, 0.29) is 0 Å². The third-order valence-corrected chi connectivity index (χ3v) is 2.97. The zero-order valence-electron chi connectivity index (χ0n) is 16.7. The van der Waals surface area contributed by atoms with E-state index in [2.05, 4.69) is 9.98 Å². The van der Waals surface area contributed by atoms with Crippen LogP contribution in [0.1, 0.15) is 25.7 Å². The SMILES string of the molecule is NCCCC1=C[NH2+]C=N1.NCCCC1=C[NH2+]C=N1.O=C([O-])C(F)(F)F.O=C([O-])C(F)(F)F. The number of carbonyl (C=O) groups excluding carboxylic acids is 2. The molecule has 8 N–H and O–H groups in total. The van der Waals surface area contributed by atoms with Gasteiger partial charge in [-0.25, -0.2) is 9.98 Å². The molecule has 0 bridgehead atoms. The van der Waals surface area contributed by atoms with Crippen molar-refractivity contribution in [3.8, 4) is 0 Å². The predicted molar refractivity (Wildman–Crippen MR) is 95.7 cm³/mol. The van der Waals surface area contributed by atoms with E-state index < -0.39 is 24.3 Å². The second-order valence-electron chi connectivity index (χ2n) is 5.61. The molecule has 184 valence electrons. The fourth-order valence-electron chi connectivity index (χ4n) is 1.53. The first-order valence-corrected chi connectivity index (χ1v) is 8.85. The summed E-state index contributed by atoms with van der Waals surface area (Å²) >= 11 is 0. The van der Waals surface area contributed by atoms with Crippen LogP contribution in [0.25, 0.3) is 0 Å². The summed E-state index contributed by atoms with van der Waals surface area (Å²) in [7, 11) is 0. The number of carboxylic acids is 2. The van der Waals surface area contributed by atoms with Gasteiger partial charge in [0, 0.05) is 0 Å². The highest BCUT2D eigenvalue weighted by atomic mass is 19.4. The molecule has 0 saturated carbocycles. The molecule has 16 heteroatoms. The molecule has 0 unspecified atom stereocenters. The molecule has 10 nitrogen and oxygen atoms in total. The molecule has 32 heavy (non-hydrogen) atoms. The summed E-state index contributed by atoms with van der Waals surface area (Å²) < 4.78 is 63.1. The fourth-order valence-corrected chi connectivity index (χ4v) is 1.53. The van der Waals surface area contributed by atoms with E-state index in [9.17, 15) is 26.3 Å². The van der Waals surface area contributed by atoms with Crippen molar-refractivity contribution in [2.45, 2.75) is 38.0 Å². The minimum Gasteiger partial charge on any atom is -0.542 e. The van der Waals surface area contributed by atoms with Crippen LogP contribution in [-0.4, -0.2) is 50.1 Å². The number of halogens is 6. The lowest BCUT2D eigenvalue weighted by atomic mass is 10.2. The molecule has 2 rings (SSSR count). The van der Waals surface area contributed by atoms with Crippen LogP contribution in [0.3, 0.4) is 0 Å². The number of rotatable bonds is 6. The molecule has 2 heterocycles. The Morgan fingerprint density at radius 1 is 0.781 bits per heavy atom. The van der Waals surface area contributed by atoms with Gasteiger partial charge in [-0.3, -0.25) is 10.6 Å². The summed E-state index contributed by atoms with van der Waals surface area (Å²) in [5.41, 5.74) is 12.9. The van der Waals surface area contributed by atoms with E-state index in [1.54, 1.807) is 0 Å². The number of aliphatic imine (C=N–C) groups is 2. The third kappa shape index (κ3) is 19.2. The Morgan fingerprint density at radius 2 is 1.06 bits per heavy atom. The van der Waals surface area contributed by atoms with Gasteiger partial charge in [0.05, 0.1) is 11.4 Å². The third-order valence-electron chi connectivity index (χ3n) is 2.97. The molecular weight excluding hydrogens is 454 g/mol. The Balaban J connectivity index is 0. The highest BCUT2D eigenvalue weighted by Gasteiger charge is 2.29. The van der Waals surface area contributed by atoms with Crippen LogP contribution >= 0.6 is 0 Å². The maximum Gasteiger partial charge on any atom is 0.430 e. The lowest BCUT2D eigenvalue weighted by molar-refractivity contribution is -0.448. The molecule has 2 aliphatic heterocycles. The maximum atomic E-state index is 10.5. The van der Waals surface area contributed by atoms with E-state index >= 15 is 0 Å². The molecule has 0 aliphatic carbocycles. The van der Waals surface area contributed by atoms with Gasteiger partial charge in [-0.2, -0.15) is 26.3 Å². The normalized spacial score (nSPS) is 14.1. The highest BCUT2D eigenvalue weighted by Crippen LogP contribution is 2.12. The van der Waals surface area contributed by atoms with Crippen molar-refractivity contribution in [1.29, 1.82) is 0 Å². The van der Waals surface area contributed by atoms with Crippen LogP contribution in [0.15, 0.2) is 33.8 Å².